The fraction of sp³-hybridized carbons (Fsp3) is 0.333. The standard InChI is InChI=1S/C24H27N3O6S/c1-5-32-24(31)20-14(2)21(23(30)27(3)4)34-22(20)26-18(28)13-33-19(29)11-10-15-12-25-17-9-7-6-8-16(15)17/h6-9,12,25H,5,10-11,13H2,1-4H3,(H,26,28). The predicted molar refractivity (Wildman–Crippen MR) is 129 cm³/mol. The first-order valence-corrected chi connectivity index (χ1v) is 11.6. The minimum absolute atomic E-state index is 0.114. The summed E-state index contributed by atoms with van der Waals surface area (Å²) in [5.41, 5.74) is 2.52. The molecule has 2 N–H and O–H groups in total. The number of thiophene rings is 1. The van der Waals surface area contributed by atoms with Gasteiger partial charge in [-0.25, -0.2) is 4.79 Å². The molecule has 0 fully saturated rings. The van der Waals surface area contributed by atoms with Crippen molar-refractivity contribution in [2.24, 2.45) is 0 Å². The van der Waals surface area contributed by atoms with Crippen LogP contribution in [-0.4, -0.2) is 60.9 Å². The lowest BCUT2D eigenvalue weighted by Crippen LogP contribution is -2.22. The van der Waals surface area contributed by atoms with Crippen molar-refractivity contribution in [1.29, 1.82) is 0 Å². The Balaban J connectivity index is 1.62. The van der Waals surface area contributed by atoms with Gasteiger partial charge in [0.1, 0.15) is 5.00 Å². The molecule has 1 aromatic carbocycles. The lowest BCUT2D eigenvalue weighted by molar-refractivity contribution is -0.147. The van der Waals surface area contributed by atoms with Gasteiger partial charge in [0.25, 0.3) is 11.8 Å². The first-order chi connectivity index (χ1) is 16.2. The number of amides is 2. The van der Waals surface area contributed by atoms with Crippen molar-refractivity contribution in [2.45, 2.75) is 26.7 Å². The van der Waals surface area contributed by atoms with Gasteiger partial charge in [-0.05, 0) is 37.5 Å². The number of aryl methyl sites for hydroxylation is 1. The molecule has 3 rings (SSSR count). The molecule has 0 radical (unpaired) electrons. The molecular formula is C24H27N3O6S. The first-order valence-electron chi connectivity index (χ1n) is 10.8. The van der Waals surface area contributed by atoms with Crippen LogP contribution < -0.4 is 5.32 Å². The van der Waals surface area contributed by atoms with Crippen LogP contribution in [0.3, 0.4) is 0 Å². The molecule has 9 nitrogen and oxygen atoms in total. The van der Waals surface area contributed by atoms with E-state index in [1.807, 2.05) is 30.5 Å². The van der Waals surface area contributed by atoms with E-state index in [1.54, 1.807) is 27.9 Å². The number of rotatable bonds is 9. The lowest BCUT2D eigenvalue weighted by Gasteiger charge is -2.09. The van der Waals surface area contributed by atoms with Gasteiger partial charge in [0, 0.05) is 37.6 Å². The second-order valence-corrected chi connectivity index (χ2v) is 8.77. The highest BCUT2D eigenvalue weighted by Crippen LogP contribution is 2.34. The highest BCUT2D eigenvalue weighted by atomic mass is 32.1. The van der Waals surface area contributed by atoms with Gasteiger partial charge in [-0.3, -0.25) is 14.4 Å². The zero-order valence-corrected chi connectivity index (χ0v) is 20.3. The fourth-order valence-corrected chi connectivity index (χ4v) is 4.65. The zero-order valence-electron chi connectivity index (χ0n) is 19.5. The average Bonchev–Trinajstić information content (AvgIpc) is 3.36. The lowest BCUT2D eigenvalue weighted by atomic mass is 10.1. The fourth-order valence-electron chi connectivity index (χ4n) is 3.41. The van der Waals surface area contributed by atoms with Gasteiger partial charge in [-0.15, -0.1) is 11.3 Å². The van der Waals surface area contributed by atoms with Crippen molar-refractivity contribution in [3.63, 3.8) is 0 Å². The summed E-state index contributed by atoms with van der Waals surface area (Å²) in [7, 11) is 3.19. The van der Waals surface area contributed by atoms with Crippen LogP contribution in [0.1, 0.15) is 44.5 Å². The Bertz CT molecular complexity index is 1230. The molecule has 2 amide bonds. The van der Waals surface area contributed by atoms with Crippen molar-refractivity contribution in [2.75, 3.05) is 32.6 Å². The van der Waals surface area contributed by atoms with E-state index in [0.717, 1.165) is 27.8 Å². The molecule has 0 aliphatic rings. The highest BCUT2D eigenvalue weighted by Gasteiger charge is 2.27. The molecule has 0 saturated carbocycles. The maximum Gasteiger partial charge on any atom is 0.341 e. The maximum absolute atomic E-state index is 12.5. The van der Waals surface area contributed by atoms with E-state index in [0.29, 0.717) is 16.9 Å². The molecule has 0 aliphatic carbocycles. The Morgan fingerprint density at radius 1 is 1.12 bits per heavy atom. The van der Waals surface area contributed by atoms with E-state index in [-0.39, 0.29) is 29.5 Å². The molecule has 0 aliphatic heterocycles. The van der Waals surface area contributed by atoms with Gasteiger partial charge in [0.2, 0.25) is 0 Å². The minimum atomic E-state index is -0.639. The smallest absolute Gasteiger partial charge is 0.341 e. The molecule has 0 saturated heterocycles. The number of ether oxygens (including phenoxy) is 2. The SMILES string of the molecule is CCOC(=O)c1c(NC(=O)COC(=O)CCc2c[nH]c3ccccc23)sc(C(=O)N(C)C)c1C. The number of nitrogens with one attached hydrogen (secondary N) is 2. The van der Waals surface area contributed by atoms with Crippen molar-refractivity contribution < 1.29 is 28.7 Å². The number of nitrogens with zero attached hydrogens (tertiary/aromatic N) is 1. The quantitative estimate of drug-likeness (QED) is 0.448. The molecule has 0 spiro atoms. The van der Waals surface area contributed by atoms with Gasteiger partial charge in [-0.2, -0.15) is 0 Å². The third-order valence-corrected chi connectivity index (χ3v) is 6.31. The Morgan fingerprint density at radius 2 is 1.85 bits per heavy atom. The largest absolute Gasteiger partial charge is 0.462 e. The van der Waals surface area contributed by atoms with Crippen molar-refractivity contribution in [1.82, 2.24) is 9.88 Å². The Kier molecular flexibility index (Phi) is 8.06. The van der Waals surface area contributed by atoms with Crippen molar-refractivity contribution >= 4 is 51.0 Å². The number of para-hydroxylation sites is 1. The molecule has 0 atom stereocenters. The maximum atomic E-state index is 12.5. The van der Waals surface area contributed by atoms with E-state index >= 15 is 0 Å². The summed E-state index contributed by atoms with van der Waals surface area (Å²) in [5.74, 6) is -2.06. The minimum Gasteiger partial charge on any atom is -0.462 e. The summed E-state index contributed by atoms with van der Waals surface area (Å²) in [5, 5.41) is 3.80. The summed E-state index contributed by atoms with van der Waals surface area (Å²) < 4.78 is 10.2. The van der Waals surface area contributed by atoms with E-state index in [2.05, 4.69) is 10.3 Å². The molecular weight excluding hydrogens is 458 g/mol. The molecule has 3 aromatic rings. The van der Waals surface area contributed by atoms with Crippen LogP contribution in [0.2, 0.25) is 0 Å². The number of esters is 2. The molecule has 0 bridgehead atoms. The van der Waals surface area contributed by atoms with Gasteiger partial charge in [-0.1, -0.05) is 18.2 Å². The van der Waals surface area contributed by atoms with Crippen LogP contribution in [0.15, 0.2) is 30.5 Å². The molecule has 2 heterocycles. The number of aromatic amines is 1. The van der Waals surface area contributed by atoms with Crippen LogP contribution in [0.5, 0.6) is 0 Å². The third kappa shape index (κ3) is 5.63. The van der Waals surface area contributed by atoms with E-state index in [1.165, 1.54) is 4.90 Å². The van der Waals surface area contributed by atoms with Crippen LogP contribution in [0.25, 0.3) is 10.9 Å². The van der Waals surface area contributed by atoms with E-state index < -0.39 is 24.5 Å². The third-order valence-electron chi connectivity index (χ3n) is 5.12. The van der Waals surface area contributed by atoms with Gasteiger partial charge in [0.15, 0.2) is 6.61 Å². The van der Waals surface area contributed by atoms with Crippen LogP contribution >= 0.6 is 11.3 Å². The number of carbonyl (C=O) groups is 4. The summed E-state index contributed by atoms with van der Waals surface area (Å²) in [6, 6.07) is 7.78. The summed E-state index contributed by atoms with van der Waals surface area (Å²) in [4.78, 5) is 54.4. The number of hydrogen-bond acceptors (Lipinski definition) is 7. The van der Waals surface area contributed by atoms with Gasteiger partial charge < -0.3 is 24.7 Å². The van der Waals surface area contributed by atoms with Crippen LogP contribution in [0, 0.1) is 6.92 Å². The Morgan fingerprint density at radius 3 is 2.56 bits per heavy atom. The normalized spacial score (nSPS) is 10.7. The molecule has 180 valence electrons. The number of anilines is 1. The second kappa shape index (κ2) is 11.0. The van der Waals surface area contributed by atoms with E-state index in [9.17, 15) is 19.2 Å². The molecule has 0 unspecified atom stereocenters. The monoisotopic (exact) mass is 485 g/mol. The van der Waals surface area contributed by atoms with Crippen LogP contribution in [0.4, 0.5) is 5.00 Å². The van der Waals surface area contributed by atoms with Gasteiger partial charge in [0.05, 0.1) is 17.0 Å². The molecule has 34 heavy (non-hydrogen) atoms. The Labute approximate surface area is 201 Å². The average molecular weight is 486 g/mol. The number of carbonyl (C=O) groups excluding carboxylic acids is 4. The number of benzene rings is 1. The van der Waals surface area contributed by atoms with Gasteiger partial charge >= 0.3 is 11.9 Å². The summed E-state index contributed by atoms with van der Waals surface area (Å²) in [6.07, 6.45) is 2.44. The second-order valence-electron chi connectivity index (χ2n) is 7.75. The Hall–Kier alpha value is -3.66. The number of aromatic nitrogens is 1. The molecule has 2 aromatic heterocycles. The molecule has 10 heteroatoms. The van der Waals surface area contributed by atoms with Crippen LogP contribution in [-0.2, 0) is 25.5 Å². The number of hydrogen-bond donors (Lipinski definition) is 2. The predicted octanol–water partition coefficient (Wildman–Crippen LogP) is 3.53. The summed E-state index contributed by atoms with van der Waals surface area (Å²) in [6.45, 7) is 2.93. The zero-order chi connectivity index (χ0) is 24.8. The first kappa shape index (κ1) is 25.0. The van der Waals surface area contributed by atoms with Crippen molar-refractivity contribution in [3.8, 4) is 0 Å². The number of fused-ring (bicyclic) bond motifs is 1. The summed E-state index contributed by atoms with van der Waals surface area (Å²) >= 11 is 0.981. The number of H-pyrrole nitrogens is 1. The van der Waals surface area contributed by atoms with E-state index in [4.69, 9.17) is 9.47 Å². The highest BCUT2D eigenvalue weighted by molar-refractivity contribution is 7.18. The topological polar surface area (TPSA) is 118 Å². The van der Waals surface area contributed by atoms with Crippen molar-refractivity contribution in [3.05, 3.63) is 52.0 Å².